The van der Waals surface area contributed by atoms with Gasteiger partial charge >= 0.3 is 6.18 Å². The normalized spacial score (nSPS) is 11.1. The molecule has 0 radical (unpaired) electrons. The largest absolute Gasteiger partial charge is 0.435 e. The number of halogens is 5. The summed E-state index contributed by atoms with van der Waals surface area (Å²) in [6, 6.07) is 4.78. The Labute approximate surface area is 146 Å². The standard InChI is InChI=1S/C14H15F4N5O.ClH/c15-9-5-1-2-6-10(9)23-12(14(16,17)18)11(21-22-23)13(24)20-8-4-3-7-19;/h1-2,5-6H,3-4,7-8,19H2,(H,20,24);1H. The maximum absolute atomic E-state index is 13.8. The second kappa shape index (κ2) is 8.77. The van der Waals surface area contributed by atoms with E-state index < -0.39 is 35.0 Å². The van der Waals surface area contributed by atoms with Gasteiger partial charge in [0, 0.05) is 6.54 Å². The fourth-order valence-electron chi connectivity index (χ4n) is 2.04. The summed E-state index contributed by atoms with van der Waals surface area (Å²) in [5, 5.41) is 8.92. The number of alkyl halides is 3. The zero-order chi connectivity index (χ0) is 17.7. The number of rotatable bonds is 6. The van der Waals surface area contributed by atoms with Crippen molar-refractivity contribution in [2.75, 3.05) is 13.1 Å². The monoisotopic (exact) mass is 381 g/mol. The zero-order valence-electron chi connectivity index (χ0n) is 12.9. The van der Waals surface area contributed by atoms with Gasteiger partial charge in [-0.05, 0) is 31.5 Å². The lowest BCUT2D eigenvalue weighted by atomic mass is 10.2. The van der Waals surface area contributed by atoms with Crippen LogP contribution in [0.1, 0.15) is 29.0 Å². The third-order valence-electron chi connectivity index (χ3n) is 3.15. The van der Waals surface area contributed by atoms with E-state index in [0.29, 0.717) is 19.4 Å². The Morgan fingerprint density at radius 3 is 2.52 bits per heavy atom. The summed E-state index contributed by atoms with van der Waals surface area (Å²) in [7, 11) is 0. The van der Waals surface area contributed by atoms with Crippen molar-refractivity contribution in [3.63, 3.8) is 0 Å². The average Bonchev–Trinajstić information content (AvgIpc) is 2.97. The number of hydrogen-bond acceptors (Lipinski definition) is 4. The Bertz CT molecular complexity index is 719. The highest BCUT2D eigenvalue weighted by molar-refractivity contribution is 5.93. The van der Waals surface area contributed by atoms with Crippen LogP contribution in [-0.4, -0.2) is 34.0 Å². The molecule has 0 bridgehead atoms. The van der Waals surface area contributed by atoms with E-state index in [1.807, 2.05) is 0 Å². The van der Waals surface area contributed by atoms with Crippen molar-refractivity contribution in [3.05, 3.63) is 41.5 Å². The highest BCUT2D eigenvalue weighted by Gasteiger charge is 2.42. The molecule has 3 N–H and O–H groups in total. The molecule has 0 fully saturated rings. The third-order valence-corrected chi connectivity index (χ3v) is 3.15. The smallest absolute Gasteiger partial charge is 0.351 e. The number of nitrogens with zero attached hydrogens (tertiary/aromatic N) is 3. The first-order valence-electron chi connectivity index (χ1n) is 7.12. The molecule has 0 spiro atoms. The van der Waals surface area contributed by atoms with Crippen LogP contribution in [0, 0.1) is 5.82 Å². The molecule has 25 heavy (non-hydrogen) atoms. The number of carbonyl (C=O) groups excluding carboxylic acids is 1. The minimum atomic E-state index is -4.93. The molecule has 11 heteroatoms. The van der Waals surface area contributed by atoms with Crippen LogP contribution < -0.4 is 11.1 Å². The average molecular weight is 382 g/mol. The Morgan fingerprint density at radius 1 is 1.24 bits per heavy atom. The molecule has 1 amide bonds. The fourth-order valence-corrected chi connectivity index (χ4v) is 2.04. The zero-order valence-corrected chi connectivity index (χ0v) is 13.7. The van der Waals surface area contributed by atoms with Gasteiger partial charge in [-0.15, -0.1) is 17.5 Å². The summed E-state index contributed by atoms with van der Waals surface area (Å²) in [5.41, 5.74) is 2.52. The van der Waals surface area contributed by atoms with Gasteiger partial charge < -0.3 is 11.1 Å². The van der Waals surface area contributed by atoms with E-state index in [0.717, 1.165) is 12.1 Å². The number of hydrogen-bond donors (Lipinski definition) is 2. The first-order valence-corrected chi connectivity index (χ1v) is 7.12. The van der Waals surface area contributed by atoms with Crippen molar-refractivity contribution < 1.29 is 22.4 Å². The van der Waals surface area contributed by atoms with Crippen LogP contribution in [0.3, 0.4) is 0 Å². The van der Waals surface area contributed by atoms with E-state index >= 15 is 0 Å². The third kappa shape index (κ3) is 4.89. The van der Waals surface area contributed by atoms with Gasteiger partial charge in [0.25, 0.3) is 5.91 Å². The molecular weight excluding hydrogens is 366 g/mol. The van der Waals surface area contributed by atoms with Crippen LogP contribution in [0.15, 0.2) is 24.3 Å². The van der Waals surface area contributed by atoms with Crippen molar-refractivity contribution in [2.24, 2.45) is 5.73 Å². The maximum Gasteiger partial charge on any atom is 0.435 e. The van der Waals surface area contributed by atoms with Crippen LogP contribution >= 0.6 is 12.4 Å². The van der Waals surface area contributed by atoms with Gasteiger partial charge in [0.1, 0.15) is 11.5 Å². The highest BCUT2D eigenvalue weighted by atomic mass is 35.5. The Balaban J connectivity index is 0.00000312. The highest BCUT2D eigenvalue weighted by Crippen LogP contribution is 2.33. The second-order valence-corrected chi connectivity index (χ2v) is 4.90. The van der Waals surface area contributed by atoms with Gasteiger partial charge in [0.15, 0.2) is 11.4 Å². The molecule has 1 heterocycles. The number of benzene rings is 1. The minimum absolute atomic E-state index is 0. The predicted molar refractivity (Wildman–Crippen MR) is 84.2 cm³/mol. The van der Waals surface area contributed by atoms with Crippen LogP contribution in [0.2, 0.25) is 0 Å². The second-order valence-electron chi connectivity index (χ2n) is 4.90. The van der Waals surface area contributed by atoms with Crippen molar-refractivity contribution in [2.45, 2.75) is 19.0 Å². The first kappa shape index (κ1) is 20.8. The number of amides is 1. The molecule has 2 aromatic rings. The molecule has 138 valence electrons. The van der Waals surface area contributed by atoms with E-state index in [-0.39, 0.29) is 23.6 Å². The number of carbonyl (C=O) groups is 1. The summed E-state index contributed by atoms with van der Waals surface area (Å²) < 4.78 is 54.1. The number of nitrogens with two attached hydrogens (primary N) is 1. The van der Waals surface area contributed by atoms with Crippen molar-refractivity contribution in [1.82, 2.24) is 20.3 Å². The van der Waals surface area contributed by atoms with Gasteiger partial charge in [-0.3, -0.25) is 4.79 Å². The summed E-state index contributed by atoms with van der Waals surface area (Å²) in [4.78, 5) is 12.0. The number of aromatic nitrogens is 3. The lowest BCUT2D eigenvalue weighted by Gasteiger charge is -2.11. The Morgan fingerprint density at radius 2 is 1.92 bits per heavy atom. The molecule has 0 aliphatic heterocycles. The molecule has 0 saturated heterocycles. The van der Waals surface area contributed by atoms with E-state index in [1.165, 1.54) is 12.1 Å². The summed E-state index contributed by atoms with van der Waals surface area (Å²) in [6.07, 6.45) is -3.80. The molecule has 6 nitrogen and oxygen atoms in total. The van der Waals surface area contributed by atoms with Gasteiger partial charge in [-0.25, -0.2) is 9.07 Å². The van der Waals surface area contributed by atoms with Crippen LogP contribution in [0.4, 0.5) is 17.6 Å². The lowest BCUT2D eigenvalue weighted by Crippen LogP contribution is -2.28. The van der Waals surface area contributed by atoms with Crippen LogP contribution in [-0.2, 0) is 6.18 Å². The number of unbranched alkanes of at least 4 members (excludes halogenated alkanes) is 1. The van der Waals surface area contributed by atoms with Crippen LogP contribution in [0.25, 0.3) is 5.69 Å². The van der Waals surface area contributed by atoms with E-state index in [1.54, 1.807) is 0 Å². The molecular formula is C14H16ClF4N5O. The molecule has 1 aromatic heterocycles. The molecule has 0 atom stereocenters. The molecule has 2 rings (SSSR count). The van der Waals surface area contributed by atoms with Gasteiger partial charge in [-0.1, -0.05) is 17.3 Å². The van der Waals surface area contributed by atoms with E-state index in [9.17, 15) is 22.4 Å². The van der Waals surface area contributed by atoms with Gasteiger partial charge in [0.2, 0.25) is 0 Å². The number of para-hydroxylation sites is 1. The minimum Gasteiger partial charge on any atom is -0.351 e. The first-order chi connectivity index (χ1) is 11.4. The van der Waals surface area contributed by atoms with E-state index in [4.69, 9.17) is 5.73 Å². The summed E-state index contributed by atoms with van der Waals surface area (Å²) in [6.45, 7) is 0.563. The number of nitrogens with one attached hydrogen (secondary N) is 1. The SMILES string of the molecule is Cl.NCCCCNC(=O)c1nnn(-c2ccccc2F)c1C(F)(F)F. The molecule has 0 unspecified atom stereocenters. The van der Waals surface area contributed by atoms with Crippen LogP contribution in [0.5, 0.6) is 0 Å². The fraction of sp³-hybridized carbons (Fsp3) is 0.357. The quantitative estimate of drug-likeness (QED) is 0.594. The molecule has 0 aliphatic rings. The summed E-state index contributed by atoms with van der Waals surface area (Å²) in [5.74, 6) is -1.94. The topological polar surface area (TPSA) is 85.8 Å². The summed E-state index contributed by atoms with van der Waals surface area (Å²) >= 11 is 0. The maximum atomic E-state index is 13.8. The van der Waals surface area contributed by atoms with Crippen molar-refractivity contribution in [3.8, 4) is 5.69 Å². The predicted octanol–water partition coefficient (Wildman–Crippen LogP) is 2.32. The van der Waals surface area contributed by atoms with Crippen molar-refractivity contribution >= 4 is 18.3 Å². The Kier molecular flexibility index (Phi) is 7.31. The molecule has 0 aliphatic carbocycles. The molecule has 0 saturated carbocycles. The molecule has 1 aromatic carbocycles. The van der Waals surface area contributed by atoms with Gasteiger partial charge in [0.05, 0.1) is 0 Å². The van der Waals surface area contributed by atoms with E-state index in [2.05, 4.69) is 15.6 Å². The Hall–Kier alpha value is -2.20. The lowest BCUT2D eigenvalue weighted by molar-refractivity contribution is -0.143. The van der Waals surface area contributed by atoms with Crippen molar-refractivity contribution in [1.29, 1.82) is 0 Å². The van der Waals surface area contributed by atoms with Gasteiger partial charge in [-0.2, -0.15) is 13.2 Å².